The van der Waals surface area contributed by atoms with E-state index in [0.717, 1.165) is 12.2 Å². The summed E-state index contributed by atoms with van der Waals surface area (Å²) in [7, 11) is 0. The van der Waals surface area contributed by atoms with Crippen LogP contribution in [0.4, 0.5) is 0 Å². The van der Waals surface area contributed by atoms with Crippen molar-refractivity contribution in [3.63, 3.8) is 0 Å². The zero-order valence-electron chi connectivity index (χ0n) is 11.4. The van der Waals surface area contributed by atoms with Crippen LogP contribution in [-0.4, -0.2) is 21.2 Å². The minimum Gasteiger partial charge on any atom is -0.481 e. The third-order valence-corrected chi connectivity index (χ3v) is 3.57. The third-order valence-electron chi connectivity index (χ3n) is 3.57. The summed E-state index contributed by atoms with van der Waals surface area (Å²) in [5, 5.41) is 12.8. The lowest BCUT2D eigenvalue weighted by Gasteiger charge is -2.19. The molecule has 1 aliphatic carbocycles. The van der Waals surface area contributed by atoms with Gasteiger partial charge >= 0.3 is 5.97 Å². The van der Waals surface area contributed by atoms with Crippen LogP contribution < -0.4 is 0 Å². The molecule has 0 saturated heterocycles. The van der Waals surface area contributed by atoms with Crippen molar-refractivity contribution in [3.8, 4) is 0 Å². The molecule has 5 nitrogen and oxygen atoms in total. The fraction of sp³-hybridized carbons (Fsp3) is 0.769. The Morgan fingerprint density at radius 1 is 1.56 bits per heavy atom. The summed E-state index contributed by atoms with van der Waals surface area (Å²) in [6, 6.07) is 0. The largest absolute Gasteiger partial charge is 0.481 e. The van der Waals surface area contributed by atoms with E-state index in [-0.39, 0.29) is 17.3 Å². The van der Waals surface area contributed by atoms with Crippen molar-refractivity contribution in [2.75, 3.05) is 0 Å². The zero-order valence-corrected chi connectivity index (χ0v) is 11.4. The maximum atomic E-state index is 10.7. The van der Waals surface area contributed by atoms with Gasteiger partial charge in [-0.15, -0.1) is 0 Å². The molecule has 1 aliphatic rings. The summed E-state index contributed by atoms with van der Waals surface area (Å²) in [4.78, 5) is 15.1. The quantitative estimate of drug-likeness (QED) is 0.871. The normalized spacial score (nSPS) is 21.9. The van der Waals surface area contributed by atoms with Crippen LogP contribution in [0.15, 0.2) is 4.52 Å². The molecule has 100 valence electrons. The Morgan fingerprint density at radius 2 is 2.17 bits per heavy atom. The highest BCUT2D eigenvalue weighted by Gasteiger charge is 2.49. The Morgan fingerprint density at radius 3 is 2.67 bits per heavy atom. The lowest BCUT2D eigenvalue weighted by molar-refractivity contribution is -0.139. The van der Waals surface area contributed by atoms with E-state index in [1.54, 1.807) is 0 Å². The highest BCUT2D eigenvalue weighted by molar-refractivity contribution is 5.67. The van der Waals surface area contributed by atoms with E-state index in [0.29, 0.717) is 18.2 Å². The molecule has 0 spiro atoms. The number of carboxylic acid groups (broad SMARTS) is 1. The second kappa shape index (κ2) is 4.07. The van der Waals surface area contributed by atoms with E-state index in [9.17, 15) is 4.79 Å². The smallest absolute Gasteiger partial charge is 0.303 e. The van der Waals surface area contributed by atoms with E-state index < -0.39 is 5.97 Å². The summed E-state index contributed by atoms with van der Waals surface area (Å²) in [6.45, 7) is 8.16. The highest BCUT2D eigenvalue weighted by atomic mass is 16.5. The number of carbonyl (C=O) groups is 1. The van der Waals surface area contributed by atoms with E-state index in [4.69, 9.17) is 9.63 Å². The summed E-state index contributed by atoms with van der Waals surface area (Å²) in [5.74, 6) is 0.890. The molecule has 0 aliphatic heterocycles. The molecule has 0 bridgehead atoms. The highest BCUT2D eigenvalue weighted by Crippen LogP contribution is 2.57. The van der Waals surface area contributed by atoms with Gasteiger partial charge in [-0.1, -0.05) is 32.9 Å². The van der Waals surface area contributed by atoms with Gasteiger partial charge < -0.3 is 9.63 Å². The average molecular weight is 252 g/mol. The van der Waals surface area contributed by atoms with Gasteiger partial charge in [0, 0.05) is 12.3 Å². The Labute approximate surface area is 107 Å². The number of aromatic nitrogens is 2. The molecule has 0 amide bonds. The summed E-state index contributed by atoms with van der Waals surface area (Å²) >= 11 is 0. The fourth-order valence-electron chi connectivity index (χ4n) is 2.27. The first kappa shape index (κ1) is 13.1. The van der Waals surface area contributed by atoms with Crippen molar-refractivity contribution >= 4 is 5.97 Å². The zero-order chi connectivity index (χ0) is 13.6. The Hall–Kier alpha value is -1.39. The number of carboxylic acids is 1. The molecule has 2 rings (SSSR count). The summed E-state index contributed by atoms with van der Waals surface area (Å²) in [6.07, 6.45) is 1.68. The maximum Gasteiger partial charge on any atom is 0.303 e. The van der Waals surface area contributed by atoms with Gasteiger partial charge in [0.1, 0.15) is 0 Å². The fourth-order valence-corrected chi connectivity index (χ4v) is 2.27. The van der Waals surface area contributed by atoms with Crippen LogP contribution in [0.2, 0.25) is 0 Å². The second-order valence-electron chi connectivity index (χ2n) is 6.70. The number of nitrogens with zero attached hydrogens (tertiary/aromatic N) is 2. The Bertz CT molecular complexity index is 463. The number of hydrogen-bond acceptors (Lipinski definition) is 4. The van der Waals surface area contributed by atoms with Crippen LogP contribution in [-0.2, 0) is 11.2 Å². The lowest BCUT2D eigenvalue weighted by Crippen LogP contribution is -2.19. The molecule has 1 N–H and O–H groups in total. The Balaban J connectivity index is 2.01. The van der Waals surface area contributed by atoms with E-state index in [1.807, 2.05) is 13.8 Å². The van der Waals surface area contributed by atoms with E-state index in [2.05, 4.69) is 24.0 Å². The predicted octanol–water partition coefficient (Wildman–Crippen LogP) is 2.63. The van der Waals surface area contributed by atoms with Gasteiger partial charge in [-0.2, -0.15) is 4.98 Å². The minimum absolute atomic E-state index is 0.0969. The van der Waals surface area contributed by atoms with Crippen molar-refractivity contribution in [1.82, 2.24) is 10.1 Å². The van der Waals surface area contributed by atoms with Crippen molar-refractivity contribution in [3.05, 3.63) is 11.7 Å². The molecule has 1 unspecified atom stereocenters. The molecule has 1 atom stereocenters. The SMILES string of the molecule is CC(C)(CC(=O)O)Cc1nc(C2CC2(C)C)no1. The van der Waals surface area contributed by atoms with Gasteiger partial charge in [-0.25, -0.2) is 0 Å². The van der Waals surface area contributed by atoms with Crippen molar-refractivity contribution in [2.45, 2.75) is 52.9 Å². The Kier molecular flexibility index (Phi) is 2.95. The van der Waals surface area contributed by atoms with Crippen LogP contribution in [0, 0.1) is 10.8 Å². The van der Waals surface area contributed by atoms with Crippen molar-refractivity contribution < 1.29 is 14.4 Å². The summed E-state index contributed by atoms with van der Waals surface area (Å²) in [5.41, 5.74) is -0.0908. The molecule has 5 heteroatoms. The monoisotopic (exact) mass is 252 g/mol. The van der Waals surface area contributed by atoms with E-state index in [1.165, 1.54) is 0 Å². The molecule has 1 saturated carbocycles. The lowest BCUT2D eigenvalue weighted by atomic mass is 9.86. The van der Waals surface area contributed by atoms with Crippen LogP contribution in [0.5, 0.6) is 0 Å². The van der Waals surface area contributed by atoms with Gasteiger partial charge in [0.25, 0.3) is 0 Å². The van der Waals surface area contributed by atoms with E-state index >= 15 is 0 Å². The molecule has 1 aromatic heterocycles. The number of rotatable bonds is 5. The number of hydrogen-bond donors (Lipinski definition) is 1. The second-order valence-corrected chi connectivity index (χ2v) is 6.70. The van der Waals surface area contributed by atoms with Gasteiger partial charge in [-0.3, -0.25) is 4.79 Å². The summed E-state index contributed by atoms with van der Waals surface area (Å²) < 4.78 is 5.22. The predicted molar refractivity (Wildman–Crippen MR) is 65.2 cm³/mol. The standard InChI is InChI=1S/C13H20N2O3/c1-12(2,7-10(16)17)6-9-14-11(15-18-9)8-5-13(8,3)4/h8H,5-7H2,1-4H3,(H,16,17). The van der Waals surface area contributed by atoms with Gasteiger partial charge in [-0.05, 0) is 17.3 Å². The first-order valence-corrected chi connectivity index (χ1v) is 6.24. The molecule has 1 heterocycles. The molecular weight excluding hydrogens is 232 g/mol. The molecule has 0 aromatic carbocycles. The number of aliphatic carboxylic acids is 1. The first-order chi connectivity index (χ1) is 8.20. The van der Waals surface area contributed by atoms with Crippen LogP contribution in [0.3, 0.4) is 0 Å². The average Bonchev–Trinajstić information content (AvgIpc) is 2.61. The van der Waals surface area contributed by atoms with Gasteiger partial charge in [0.2, 0.25) is 5.89 Å². The van der Waals surface area contributed by atoms with Crippen LogP contribution in [0.1, 0.15) is 58.2 Å². The minimum atomic E-state index is -0.803. The van der Waals surface area contributed by atoms with Crippen LogP contribution >= 0.6 is 0 Å². The van der Waals surface area contributed by atoms with Crippen molar-refractivity contribution in [2.24, 2.45) is 10.8 Å². The van der Waals surface area contributed by atoms with Crippen molar-refractivity contribution in [1.29, 1.82) is 0 Å². The third kappa shape index (κ3) is 2.89. The topological polar surface area (TPSA) is 76.2 Å². The molecule has 0 radical (unpaired) electrons. The molecular formula is C13H20N2O3. The molecule has 1 fully saturated rings. The molecule has 1 aromatic rings. The van der Waals surface area contributed by atoms with Gasteiger partial charge in [0.05, 0.1) is 6.42 Å². The first-order valence-electron chi connectivity index (χ1n) is 6.24. The van der Waals surface area contributed by atoms with Crippen LogP contribution in [0.25, 0.3) is 0 Å². The molecule has 18 heavy (non-hydrogen) atoms. The van der Waals surface area contributed by atoms with Gasteiger partial charge in [0.15, 0.2) is 5.82 Å². The maximum absolute atomic E-state index is 10.7.